The Balaban J connectivity index is 1.64. The van der Waals surface area contributed by atoms with Crippen LogP contribution in [0.3, 0.4) is 0 Å². The van der Waals surface area contributed by atoms with Gasteiger partial charge in [-0.25, -0.2) is 0 Å². The van der Waals surface area contributed by atoms with E-state index in [-0.39, 0.29) is 24.7 Å². The lowest BCUT2D eigenvalue weighted by molar-refractivity contribution is 0.0746. The summed E-state index contributed by atoms with van der Waals surface area (Å²) >= 11 is 0. The van der Waals surface area contributed by atoms with Crippen LogP contribution in [-0.2, 0) is 0 Å². The molecule has 1 saturated carbocycles. The van der Waals surface area contributed by atoms with Crippen LogP contribution in [0.1, 0.15) is 55.8 Å². The van der Waals surface area contributed by atoms with E-state index >= 15 is 0 Å². The van der Waals surface area contributed by atoms with E-state index in [1.165, 1.54) is 25.7 Å². The van der Waals surface area contributed by atoms with Gasteiger partial charge in [-0.1, -0.05) is 12.8 Å². The number of hydrogen-bond acceptors (Lipinski definition) is 5. The van der Waals surface area contributed by atoms with Crippen LogP contribution in [0, 0.1) is 0 Å². The van der Waals surface area contributed by atoms with Crippen molar-refractivity contribution in [3.8, 4) is 11.5 Å². The molecule has 2 fully saturated rings. The van der Waals surface area contributed by atoms with Crippen LogP contribution >= 0.6 is 0 Å². The lowest BCUT2D eigenvalue weighted by Crippen LogP contribution is -2.43. The number of ether oxygens (including phenoxy) is 2. The van der Waals surface area contributed by atoms with E-state index in [0.29, 0.717) is 17.1 Å². The van der Waals surface area contributed by atoms with Crippen LogP contribution in [0.2, 0.25) is 0 Å². The Kier molecular flexibility index (Phi) is 6.96. The first-order valence-electron chi connectivity index (χ1n) is 10.1. The lowest BCUT2D eigenvalue weighted by Gasteiger charge is -2.36. The van der Waals surface area contributed by atoms with E-state index in [0.717, 1.165) is 32.0 Å². The molecule has 6 heteroatoms. The van der Waals surface area contributed by atoms with Gasteiger partial charge in [-0.3, -0.25) is 4.79 Å². The zero-order valence-electron chi connectivity index (χ0n) is 16.4. The van der Waals surface area contributed by atoms with Crippen molar-refractivity contribution in [1.82, 2.24) is 10.2 Å². The molecule has 1 unspecified atom stereocenters. The molecule has 150 valence electrons. The number of hydrogen-bond donors (Lipinski definition) is 2. The Labute approximate surface area is 161 Å². The molecule has 2 aliphatic rings. The molecule has 1 atom stereocenters. The Morgan fingerprint density at radius 2 is 1.96 bits per heavy atom. The van der Waals surface area contributed by atoms with Gasteiger partial charge in [-0.15, -0.1) is 0 Å². The number of aliphatic hydroxyl groups is 1. The molecule has 1 aromatic rings. The van der Waals surface area contributed by atoms with Crippen LogP contribution < -0.4 is 14.8 Å². The zero-order valence-corrected chi connectivity index (χ0v) is 16.4. The number of nitrogens with one attached hydrogen (secondary N) is 1. The first-order chi connectivity index (χ1) is 13.1. The molecular formula is C21H32N2O4. The van der Waals surface area contributed by atoms with Gasteiger partial charge in [0.15, 0.2) is 0 Å². The highest BCUT2D eigenvalue weighted by molar-refractivity contribution is 5.97. The number of piperidine rings is 1. The van der Waals surface area contributed by atoms with E-state index < -0.39 is 0 Å². The Bertz CT molecular complexity index is 623. The Morgan fingerprint density at radius 1 is 1.26 bits per heavy atom. The summed E-state index contributed by atoms with van der Waals surface area (Å²) in [6.45, 7) is 3.78. The number of aliphatic hydroxyl groups excluding tert-OH is 1. The SMILES string of the molecule is COc1ccc(OC2CCN(C3CCCC3)CC2)c(C(=O)NC(C)CO)c1. The molecular weight excluding hydrogens is 344 g/mol. The molecule has 27 heavy (non-hydrogen) atoms. The van der Waals surface area contributed by atoms with Gasteiger partial charge >= 0.3 is 0 Å². The summed E-state index contributed by atoms with van der Waals surface area (Å²) in [5.41, 5.74) is 0.452. The summed E-state index contributed by atoms with van der Waals surface area (Å²) in [7, 11) is 1.58. The molecule has 3 rings (SSSR count). The van der Waals surface area contributed by atoms with Gasteiger partial charge in [0.25, 0.3) is 5.91 Å². The molecule has 1 saturated heterocycles. The van der Waals surface area contributed by atoms with Gasteiger partial charge < -0.3 is 24.8 Å². The molecule has 0 radical (unpaired) electrons. The summed E-state index contributed by atoms with van der Waals surface area (Å²) in [4.78, 5) is 15.2. The molecule has 0 spiro atoms. The van der Waals surface area contributed by atoms with E-state index in [4.69, 9.17) is 9.47 Å². The second-order valence-electron chi connectivity index (χ2n) is 7.71. The molecule has 1 aromatic carbocycles. The van der Waals surface area contributed by atoms with Crippen LogP contribution in [0.25, 0.3) is 0 Å². The second kappa shape index (κ2) is 9.42. The fourth-order valence-corrected chi connectivity index (χ4v) is 4.07. The van der Waals surface area contributed by atoms with Gasteiger partial charge in [0.05, 0.1) is 19.3 Å². The summed E-state index contributed by atoms with van der Waals surface area (Å²) in [5, 5.41) is 12.0. The van der Waals surface area contributed by atoms with Gasteiger partial charge in [-0.05, 0) is 50.8 Å². The van der Waals surface area contributed by atoms with Crippen molar-refractivity contribution in [2.75, 3.05) is 26.8 Å². The average molecular weight is 376 g/mol. The molecule has 6 nitrogen and oxygen atoms in total. The van der Waals surface area contributed by atoms with Crippen molar-refractivity contribution in [3.63, 3.8) is 0 Å². The summed E-state index contributed by atoms with van der Waals surface area (Å²) < 4.78 is 11.5. The van der Waals surface area contributed by atoms with Crippen LogP contribution in [-0.4, -0.2) is 60.9 Å². The zero-order chi connectivity index (χ0) is 19.2. The van der Waals surface area contributed by atoms with E-state index in [1.54, 1.807) is 26.2 Å². The monoisotopic (exact) mass is 376 g/mol. The highest BCUT2D eigenvalue weighted by Gasteiger charge is 2.28. The Morgan fingerprint density at radius 3 is 2.59 bits per heavy atom. The maximum atomic E-state index is 12.6. The number of amides is 1. The van der Waals surface area contributed by atoms with E-state index in [1.807, 2.05) is 6.07 Å². The minimum atomic E-state index is -0.314. The van der Waals surface area contributed by atoms with Crippen molar-refractivity contribution in [2.45, 2.75) is 63.6 Å². The molecule has 2 N–H and O–H groups in total. The predicted molar refractivity (Wildman–Crippen MR) is 104 cm³/mol. The minimum absolute atomic E-state index is 0.106. The molecule has 1 aliphatic heterocycles. The van der Waals surface area contributed by atoms with Gasteiger partial charge in [0.1, 0.15) is 17.6 Å². The van der Waals surface area contributed by atoms with E-state index in [9.17, 15) is 9.90 Å². The number of carbonyl (C=O) groups excluding carboxylic acids is 1. The average Bonchev–Trinajstić information content (AvgIpc) is 3.23. The number of carbonyl (C=O) groups is 1. The maximum absolute atomic E-state index is 12.6. The number of methoxy groups -OCH3 is 1. The summed E-state index contributed by atoms with van der Waals surface area (Å²) in [6.07, 6.45) is 7.47. The molecule has 1 heterocycles. The number of nitrogens with zero attached hydrogens (tertiary/aromatic N) is 1. The fourth-order valence-electron chi connectivity index (χ4n) is 4.07. The fraction of sp³-hybridized carbons (Fsp3) is 0.667. The van der Waals surface area contributed by atoms with Crippen LogP contribution in [0.4, 0.5) is 0 Å². The lowest BCUT2D eigenvalue weighted by atomic mass is 10.0. The summed E-state index contributed by atoms with van der Waals surface area (Å²) in [5.74, 6) is 0.937. The number of likely N-dealkylation sites (tertiary alicyclic amines) is 1. The quantitative estimate of drug-likeness (QED) is 0.765. The van der Waals surface area contributed by atoms with Crippen molar-refractivity contribution in [1.29, 1.82) is 0 Å². The summed E-state index contributed by atoms with van der Waals surface area (Å²) in [6, 6.07) is 5.76. The molecule has 1 amide bonds. The third kappa shape index (κ3) is 5.14. The first kappa shape index (κ1) is 20.0. The van der Waals surface area contributed by atoms with E-state index in [2.05, 4.69) is 10.2 Å². The third-order valence-corrected chi connectivity index (χ3v) is 5.69. The van der Waals surface area contributed by atoms with Crippen molar-refractivity contribution >= 4 is 5.91 Å². The smallest absolute Gasteiger partial charge is 0.255 e. The van der Waals surface area contributed by atoms with Gasteiger partial charge in [0, 0.05) is 25.2 Å². The third-order valence-electron chi connectivity index (χ3n) is 5.69. The largest absolute Gasteiger partial charge is 0.497 e. The first-order valence-corrected chi connectivity index (χ1v) is 10.1. The highest BCUT2D eigenvalue weighted by atomic mass is 16.5. The van der Waals surface area contributed by atoms with Gasteiger partial charge in [-0.2, -0.15) is 0 Å². The molecule has 1 aliphatic carbocycles. The van der Waals surface area contributed by atoms with Gasteiger partial charge in [0.2, 0.25) is 0 Å². The molecule has 0 aromatic heterocycles. The second-order valence-corrected chi connectivity index (χ2v) is 7.71. The predicted octanol–water partition coefficient (Wildman–Crippen LogP) is 2.59. The van der Waals surface area contributed by atoms with Crippen LogP contribution in [0.15, 0.2) is 18.2 Å². The maximum Gasteiger partial charge on any atom is 0.255 e. The number of rotatable bonds is 7. The molecule has 0 bridgehead atoms. The topological polar surface area (TPSA) is 71.0 Å². The van der Waals surface area contributed by atoms with Crippen LogP contribution in [0.5, 0.6) is 11.5 Å². The van der Waals surface area contributed by atoms with Crippen molar-refractivity contribution in [2.24, 2.45) is 0 Å². The highest BCUT2D eigenvalue weighted by Crippen LogP contribution is 2.30. The normalized spacial score (nSPS) is 20.4. The van der Waals surface area contributed by atoms with Crippen molar-refractivity contribution < 1.29 is 19.4 Å². The number of benzene rings is 1. The standard InChI is InChI=1S/C21H32N2O4/c1-15(14-24)22-21(25)19-13-18(26-2)7-8-20(19)27-17-9-11-23(12-10-17)16-5-3-4-6-16/h7-8,13,15-17,24H,3-6,9-12,14H2,1-2H3,(H,22,25). The Hall–Kier alpha value is -1.79. The van der Waals surface area contributed by atoms with Crippen molar-refractivity contribution in [3.05, 3.63) is 23.8 Å². The minimum Gasteiger partial charge on any atom is -0.497 e.